The number of hydrogen-bond donors (Lipinski definition) is 0. The van der Waals surface area contributed by atoms with E-state index >= 15 is 0 Å². The van der Waals surface area contributed by atoms with Crippen molar-refractivity contribution in [2.24, 2.45) is 0 Å². The lowest BCUT2D eigenvalue weighted by Crippen LogP contribution is -2.24. The van der Waals surface area contributed by atoms with Crippen LogP contribution in [-0.4, -0.2) is 28.6 Å². The molecule has 5 nitrogen and oxygen atoms in total. The fraction of sp³-hybridized carbons (Fsp3) is 0.231. The maximum atomic E-state index is 12.8. The van der Waals surface area contributed by atoms with Crippen LogP contribution < -0.4 is 9.64 Å². The minimum atomic E-state index is 0.0547. The molecule has 0 bridgehead atoms. The summed E-state index contributed by atoms with van der Waals surface area (Å²) in [6.45, 7) is 3.93. The molecule has 5 rings (SSSR count). The molecular formula is C26H25N3O2. The van der Waals surface area contributed by atoms with E-state index in [4.69, 9.17) is 9.72 Å². The maximum absolute atomic E-state index is 12.8. The number of fused-ring (bicyclic) bond motifs is 1. The van der Waals surface area contributed by atoms with Gasteiger partial charge in [0.1, 0.15) is 18.2 Å². The van der Waals surface area contributed by atoms with Gasteiger partial charge in [-0.25, -0.2) is 4.98 Å². The summed E-state index contributed by atoms with van der Waals surface area (Å²) in [5.74, 6) is 2.03. The monoisotopic (exact) mass is 411 g/mol. The van der Waals surface area contributed by atoms with E-state index in [0.29, 0.717) is 26.1 Å². The van der Waals surface area contributed by atoms with Gasteiger partial charge in [0, 0.05) is 24.6 Å². The number of rotatable bonds is 6. The third kappa shape index (κ3) is 3.91. The average Bonchev–Trinajstić information content (AvgIpc) is 3.35. The Labute approximate surface area is 181 Å². The summed E-state index contributed by atoms with van der Waals surface area (Å²) in [5, 5.41) is 0. The molecule has 1 fully saturated rings. The van der Waals surface area contributed by atoms with Crippen molar-refractivity contribution in [3.8, 4) is 5.75 Å². The lowest BCUT2D eigenvalue weighted by molar-refractivity contribution is -0.117. The van der Waals surface area contributed by atoms with Gasteiger partial charge in [0.2, 0.25) is 5.91 Å². The van der Waals surface area contributed by atoms with Crippen molar-refractivity contribution in [3.63, 3.8) is 0 Å². The number of anilines is 1. The molecule has 0 radical (unpaired) electrons. The predicted molar refractivity (Wildman–Crippen MR) is 123 cm³/mol. The Morgan fingerprint density at radius 3 is 2.65 bits per heavy atom. The second kappa shape index (κ2) is 8.26. The maximum Gasteiger partial charge on any atom is 0.227 e. The Balaban J connectivity index is 1.40. The number of benzene rings is 3. The van der Waals surface area contributed by atoms with Crippen LogP contribution >= 0.6 is 0 Å². The van der Waals surface area contributed by atoms with Crippen molar-refractivity contribution in [1.29, 1.82) is 0 Å². The molecule has 5 heteroatoms. The molecular weight excluding hydrogens is 386 g/mol. The number of ether oxygens (including phenoxy) is 1. The highest BCUT2D eigenvalue weighted by Gasteiger charge is 2.34. The van der Waals surface area contributed by atoms with Crippen LogP contribution in [0.5, 0.6) is 5.75 Å². The zero-order valence-electron chi connectivity index (χ0n) is 17.6. The first-order chi connectivity index (χ1) is 15.2. The quantitative estimate of drug-likeness (QED) is 0.451. The number of aromatic nitrogens is 2. The van der Waals surface area contributed by atoms with Gasteiger partial charge in [0.25, 0.3) is 0 Å². The predicted octanol–water partition coefficient (Wildman–Crippen LogP) is 4.94. The van der Waals surface area contributed by atoms with Crippen LogP contribution in [0.15, 0.2) is 78.9 Å². The summed E-state index contributed by atoms with van der Waals surface area (Å²) in [5.41, 5.74) is 4.16. The largest absolute Gasteiger partial charge is 0.492 e. The summed E-state index contributed by atoms with van der Waals surface area (Å²) < 4.78 is 8.23. The van der Waals surface area contributed by atoms with E-state index in [0.717, 1.165) is 28.3 Å². The van der Waals surface area contributed by atoms with Crippen molar-refractivity contribution in [2.75, 3.05) is 18.1 Å². The highest BCUT2D eigenvalue weighted by atomic mass is 16.5. The Morgan fingerprint density at radius 2 is 1.81 bits per heavy atom. The average molecular weight is 412 g/mol. The summed E-state index contributed by atoms with van der Waals surface area (Å²) >= 11 is 0. The van der Waals surface area contributed by atoms with Gasteiger partial charge in [-0.05, 0) is 48.9 Å². The van der Waals surface area contributed by atoms with Crippen molar-refractivity contribution >= 4 is 22.6 Å². The van der Waals surface area contributed by atoms with Gasteiger partial charge in [0.05, 0.1) is 17.6 Å². The van der Waals surface area contributed by atoms with Crippen LogP contribution in [0.1, 0.15) is 23.7 Å². The van der Waals surface area contributed by atoms with E-state index in [2.05, 4.69) is 23.6 Å². The fourth-order valence-corrected chi connectivity index (χ4v) is 4.34. The smallest absolute Gasteiger partial charge is 0.227 e. The van der Waals surface area contributed by atoms with Gasteiger partial charge in [-0.2, -0.15) is 0 Å². The second-order valence-corrected chi connectivity index (χ2v) is 8.02. The molecule has 4 aromatic rings. The van der Waals surface area contributed by atoms with Crippen molar-refractivity contribution in [1.82, 2.24) is 9.55 Å². The number of carbonyl (C=O) groups is 1. The Bertz CT molecular complexity index is 1220. The SMILES string of the molecule is Cc1cccc(OCCn2c([C@@H]3CC(=O)N(c4ccccc4)C3)nc3ccccc32)c1. The van der Waals surface area contributed by atoms with Crippen LogP contribution in [-0.2, 0) is 11.3 Å². The first-order valence-corrected chi connectivity index (χ1v) is 10.7. The molecule has 31 heavy (non-hydrogen) atoms. The highest BCUT2D eigenvalue weighted by molar-refractivity contribution is 5.96. The van der Waals surface area contributed by atoms with E-state index < -0.39 is 0 Å². The van der Waals surface area contributed by atoms with Crippen LogP contribution in [0, 0.1) is 6.92 Å². The normalized spacial score (nSPS) is 16.2. The number of nitrogens with zero attached hydrogens (tertiary/aromatic N) is 3. The first-order valence-electron chi connectivity index (χ1n) is 10.7. The number of aryl methyl sites for hydroxylation is 1. The van der Waals surface area contributed by atoms with Gasteiger partial charge >= 0.3 is 0 Å². The molecule has 0 aliphatic carbocycles. The number of carbonyl (C=O) groups excluding carboxylic acids is 1. The molecule has 3 aromatic carbocycles. The molecule has 0 spiro atoms. The third-order valence-electron chi connectivity index (χ3n) is 5.82. The van der Waals surface area contributed by atoms with Crippen LogP contribution in [0.2, 0.25) is 0 Å². The number of imidazole rings is 1. The lowest BCUT2D eigenvalue weighted by atomic mass is 10.1. The number of hydrogen-bond acceptors (Lipinski definition) is 3. The topological polar surface area (TPSA) is 47.4 Å². The molecule has 1 saturated heterocycles. The van der Waals surface area contributed by atoms with Gasteiger partial charge < -0.3 is 14.2 Å². The standard InChI is InChI=1S/C26H25N3O2/c1-19-8-7-11-22(16-19)31-15-14-28-24-13-6-5-12-23(24)27-26(28)20-17-25(30)29(18-20)21-9-3-2-4-10-21/h2-13,16,20H,14-15,17-18H2,1H3/t20-/m1/s1. The van der Waals surface area contributed by atoms with Crippen LogP contribution in [0.25, 0.3) is 11.0 Å². The second-order valence-electron chi connectivity index (χ2n) is 8.02. The summed E-state index contributed by atoms with van der Waals surface area (Å²) in [4.78, 5) is 19.6. The van der Waals surface area contributed by atoms with Gasteiger partial charge in [0.15, 0.2) is 0 Å². The van der Waals surface area contributed by atoms with Crippen molar-refractivity contribution < 1.29 is 9.53 Å². The Hall–Kier alpha value is -3.60. The molecule has 156 valence electrons. The fourth-order valence-electron chi connectivity index (χ4n) is 4.34. The Morgan fingerprint density at radius 1 is 1.00 bits per heavy atom. The van der Waals surface area contributed by atoms with E-state index in [9.17, 15) is 4.79 Å². The zero-order valence-corrected chi connectivity index (χ0v) is 17.6. The van der Waals surface area contributed by atoms with Crippen molar-refractivity contribution in [2.45, 2.75) is 25.8 Å². The molecule has 1 aromatic heterocycles. The lowest BCUT2D eigenvalue weighted by Gasteiger charge is -2.17. The van der Waals surface area contributed by atoms with E-state index in [1.165, 1.54) is 5.56 Å². The minimum Gasteiger partial charge on any atom is -0.492 e. The van der Waals surface area contributed by atoms with Crippen LogP contribution in [0.4, 0.5) is 5.69 Å². The van der Waals surface area contributed by atoms with Gasteiger partial charge in [-0.3, -0.25) is 4.79 Å². The molecule has 0 saturated carbocycles. The number of amides is 1. The van der Waals surface area contributed by atoms with Gasteiger partial charge in [-0.1, -0.05) is 42.5 Å². The summed E-state index contributed by atoms with van der Waals surface area (Å²) in [7, 11) is 0. The molecule has 1 atom stereocenters. The van der Waals surface area contributed by atoms with Crippen LogP contribution in [0.3, 0.4) is 0 Å². The van der Waals surface area contributed by atoms with E-state index in [1.54, 1.807) is 0 Å². The van der Waals surface area contributed by atoms with E-state index in [1.807, 2.05) is 71.6 Å². The highest BCUT2D eigenvalue weighted by Crippen LogP contribution is 2.33. The molecule has 1 amide bonds. The Kier molecular flexibility index (Phi) is 5.16. The number of para-hydroxylation sites is 3. The minimum absolute atomic E-state index is 0.0547. The summed E-state index contributed by atoms with van der Waals surface area (Å²) in [6.07, 6.45) is 0.469. The molecule has 0 unspecified atom stereocenters. The third-order valence-corrected chi connectivity index (χ3v) is 5.82. The van der Waals surface area contributed by atoms with Crippen molar-refractivity contribution in [3.05, 3.63) is 90.3 Å². The zero-order chi connectivity index (χ0) is 21.2. The van der Waals surface area contributed by atoms with Gasteiger partial charge in [-0.15, -0.1) is 0 Å². The molecule has 0 N–H and O–H groups in total. The van der Waals surface area contributed by atoms with E-state index in [-0.39, 0.29) is 11.8 Å². The molecule has 1 aliphatic rings. The first kappa shape index (κ1) is 19.4. The molecule has 1 aliphatic heterocycles. The summed E-state index contributed by atoms with van der Waals surface area (Å²) in [6, 6.07) is 26.1. The molecule has 2 heterocycles.